The van der Waals surface area contributed by atoms with Crippen LogP contribution in [0.25, 0.3) is 0 Å². The Hall–Kier alpha value is -2.60. The predicted octanol–water partition coefficient (Wildman–Crippen LogP) is 3.43. The van der Waals surface area contributed by atoms with E-state index in [2.05, 4.69) is 5.32 Å². The number of hydrogen-bond acceptors (Lipinski definition) is 5. The summed E-state index contributed by atoms with van der Waals surface area (Å²) >= 11 is 0. The van der Waals surface area contributed by atoms with E-state index < -0.39 is 0 Å². The molecule has 31 heavy (non-hydrogen) atoms. The number of ether oxygens (including phenoxy) is 5. The van der Waals surface area contributed by atoms with E-state index >= 15 is 0 Å². The van der Waals surface area contributed by atoms with E-state index in [0.29, 0.717) is 29.8 Å². The van der Waals surface area contributed by atoms with Gasteiger partial charge in [-0.05, 0) is 43.0 Å². The molecule has 1 aliphatic carbocycles. The first-order valence-electron chi connectivity index (χ1n) is 11.4. The van der Waals surface area contributed by atoms with E-state index in [-0.39, 0.29) is 12.2 Å². The highest BCUT2D eigenvalue weighted by atomic mass is 16.6. The van der Waals surface area contributed by atoms with Crippen molar-refractivity contribution in [2.24, 2.45) is 5.92 Å². The highest BCUT2D eigenvalue weighted by Gasteiger charge is 2.38. The van der Waals surface area contributed by atoms with Crippen molar-refractivity contribution in [3.63, 3.8) is 0 Å². The van der Waals surface area contributed by atoms with Crippen LogP contribution in [-0.2, 0) is 0 Å². The second kappa shape index (κ2) is 10.6. The van der Waals surface area contributed by atoms with Gasteiger partial charge in [-0.25, -0.2) is 0 Å². The minimum atomic E-state index is 0.0406. The molecule has 6 nitrogen and oxygen atoms in total. The minimum Gasteiger partial charge on any atom is -0.493 e. The van der Waals surface area contributed by atoms with Crippen LogP contribution < -0.4 is 29.0 Å². The van der Waals surface area contributed by atoms with Crippen LogP contribution in [0, 0.1) is 5.92 Å². The first-order valence-corrected chi connectivity index (χ1v) is 11.4. The molecule has 2 aromatic carbocycles. The van der Waals surface area contributed by atoms with Crippen LogP contribution in [0.5, 0.6) is 28.7 Å². The summed E-state index contributed by atoms with van der Waals surface area (Å²) in [6.45, 7) is 2.19. The number of hydrogen-bond donors (Lipinski definition) is 1. The third-order valence-electron chi connectivity index (χ3n) is 6.22. The van der Waals surface area contributed by atoms with Gasteiger partial charge in [0.05, 0.1) is 14.2 Å². The van der Waals surface area contributed by atoms with Gasteiger partial charge in [0.1, 0.15) is 25.8 Å². The molecule has 6 heteroatoms. The van der Waals surface area contributed by atoms with Crippen LogP contribution in [0.15, 0.2) is 42.5 Å². The fourth-order valence-corrected chi connectivity index (χ4v) is 4.63. The highest BCUT2D eigenvalue weighted by Crippen LogP contribution is 2.39. The van der Waals surface area contributed by atoms with Crippen LogP contribution in [0.2, 0.25) is 0 Å². The van der Waals surface area contributed by atoms with Gasteiger partial charge in [0.25, 0.3) is 0 Å². The molecule has 0 bridgehead atoms. The lowest BCUT2D eigenvalue weighted by Crippen LogP contribution is -2.88. The smallest absolute Gasteiger partial charge is 0.203 e. The SMILES string of the molecule is COc1cccc(OC)c1OCC[NH2+]C[C@H]1Oc2ccccc2O[C@H]1C1CCCCC1. The zero-order chi connectivity index (χ0) is 21.5. The molecule has 2 N–H and O–H groups in total. The maximum atomic E-state index is 6.46. The lowest BCUT2D eigenvalue weighted by atomic mass is 9.82. The van der Waals surface area contributed by atoms with Crippen LogP contribution >= 0.6 is 0 Å². The molecule has 2 aromatic rings. The predicted molar refractivity (Wildman–Crippen MR) is 119 cm³/mol. The number of methoxy groups -OCH3 is 2. The largest absolute Gasteiger partial charge is 0.493 e. The molecule has 4 rings (SSSR count). The second-order valence-electron chi connectivity index (χ2n) is 8.24. The fourth-order valence-electron chi connectivity index (χ4n) is 4.63. The summed E-state index contributed by atoms with van der Waals surface area (Å²) in [6, 6.07) is 13.7. The normalized spacial score (nSPS) is 20.8. The fraction of sp³-hybridized carbons (Fsp3) is 0.520. The number of benzene rings is 2. The van der Waals surface area contributed by atoms with Crippen molar-refractivity contribution in [1.82, 2.24) is 0 Å². The molecule has 0 amide bonds. The zero-order valence-corrected chi connectivity index (χ0v) is 18.5. The first-order chi connectivity index (χ1) is 15.3. The highest BCUT2D eigenvalue weighted by molar-refractivity contribution is 5.51. The molecule has 0 aromatic heterocycles. The van der Waals surface area contributed by atoms with Crippen LogP contribution in [0.1, 0.15) is 32.1 Å². The zero-order valence-electron chi connectivity index (χ0n) is 18.5. The Morgan fingerprint density at radius 2 is 1.55 bits per heavy atom. The molecule has 2 atom stereocenters. The van der Waals surface area contributed by atoms with Crippen molar-refractivity contribution in [1.29, 1.82) is 0 Å². The average Bonchev–Trinajstić information content (AvgIpc) is 2.83. The summed E-state index contributed by atoms with van der Waals surface area (Å²) in [5.74, 6) is 4.29. The molecule has 1 aliphatic heterocycles. The van der Waals surface area contributed by atoms with Gasteiger partial charge in [-0.3, -0.25) is 0 Å². The summed E-state index contributed by atoms with van der Waals surface area (Å²) in [5, 5.41) is 2.25. The quantitative estimate of drug-likeness (QED) is 0.620. The van der Waals surface area contributed by atoms with Crippen molar-refractivity contribution < 1.29 is 29.0 Å². The first kappa shape index (κ1) is 21.6. The van der Waals surface area contributed by atoms with Crippen molar-refractivity contribution in [3.05, 3.63) is 42.5 Å². The van der Waals surface area contributed by atoms with E-state index in [1.165, 1.54) is 32.1 Å². The summed E-state index contributed by atoms with van der Waals surface area (Å²) in [5.41, 5.74) is 0. The number of para-hydroxylation sites is 3. The molecule has 0 unspecified atom stereocenters. The van der Waals surface area contributed by atoms with Gasteiger partial charge in [-0.2, -0.15) is 0 Å². The van der Waals surface area contributed by atoms with Gasteiger partial charge in [0, 0.05) is 0 Å². The van der Waals surface area contributed by atoms with Gasteiger partial charge in [0.15, 0.2) is 29.1 Å². The summed E-state index contributed by atoms with van der Waals surface area (Å²) in [6.07, 6.45) is 6.52. The van der Waals surface area contributed by atoms with Gasteiger partial charge < -0.3 is 29.0 Å². The standard InChI is InChI=1S/C25H33NO5/c1-27-21-13-8-14-22(28-2)25(21)29-16-15-26-17-23-24(18-9-4-3-5-10-18)31-20-12-7-6-11-19(20)30-23/h6-8,11-14,18,23-24,26H,3-5,9-10,15-17H2,1-2H3/p+1/t23-,24+/m1/s1. The molecule has 0 saturated heterocycles. The maximum Gasteiger partial charge on any atom is 0.203 e. The van der Waals surface area contributed by atoms with Crippen molar-refractivity contribution in [3.8, 4) is 28.7 Å². The average molecular weight is 429 g/mol. The van der Waals surface area contributed by atoms with E-state index in [4.69, 9.17) is 23.7 Å². The number of rotatable bonds is 9. The molecule has 1 saturated carbocycles. The van der Waals surface area contributed by atoms with Gasteiger partial charge in [-0.15, -0.1) is 0 Å². The van der Waals surface area contributed by atoms with Crippen molar-refractivity contribution in [2.75, 3.05) is 33.9 Å². The molecule has 1 fully saturated rings. The molecular formula is C25H34NO5+. The molecule has 168 valence electrons. The van der Waals surface area contributed by atoms with E-state index in [1.54, 1.807) is 14.2 Å². The number of fused-ring (bicyclic) bond motifs is 1. The third kappa shape index (κ3) is 5.18. The molecule has 2 aliphatic rings. The summed E-state index contributed by atoms with van der Waals surface area (Å²) in [7, 11) is 3.27. The van der Waals surface area contributed by atoms with Gasteiger partial charge >= 0.3 is 0 Å². The Morgan fingerprint density at radius 1 is 0.871 bits per heavy atom. The van der Waals surface area contributed by atoms with Crippen LogP contribution in [0.3, 0.4) is 0 Å². The monoisotopic (exact) mass is 428 g/mol. The Morgan fingerprint density at radius 3 is 2.23 bits per heavy atom. The second-order valence-corrected chi connectivity index (χ2v) is 8.24. The van der Waals surface area contributed by atoms with E-state index in [0.717, 1.165) is 24.6 Å². The van der Waals surface area contributed by atoms with Crippen LogP contribution in [-0.4, -0.2) is 46.1 Å². The van der Waals surface area contributed by atoms with Crippen LogP contribution in [0.4, 0.5) is 0 Å². The molecule has 1 heterocycles. The number of quaternary nitrogens is 1. The third-order valence-corrected chi connectivity index (χ3v) is 6.22. The molecule has 0 spiro atoms. The van der Waals surface area contributed by atoms with Crippen molar-refractivity contribution >= 4 is 0 Å². The Kier molecular flexibility index (Phi) is 7.41. The van der Waals surface area contributed by atoms with E-state index in [9.17, 15) is 0 Å². The molecule has 0 radical (unpaired) electrons. The lowest BCUT2D eigenvalue weighted by molar-refractivity contribution is -0.662. The maximum absolute atomic E-state index is 6.46. The lowest BCUT2D eigenvalue weighted by Gasteiger charge is -2.38. The van der Waals surface area contributed by atoms with Crippen molar-refractivity contribution in [2.45, 2.75) is 44.3 Å². The summed E-state index contributed by atoms with van der Waals surface area (Å²) in [4.78, 5) is 0. The Labute approximate surface area is 184 Å². The number of nitrogens with two attached hydrogens (primary N) is 1. The minimum absolute atomic E-state index is 0.0406. The summed E-state index contributed by atoms with van der Waals surface area (Å²) < 4.78 is 29.7. The van der Waals surface area contributed by atoms with E-state index in [1.807, 2.05) is 42.5 Å². The van der Waals surface area contributed by atoms with Gasteiger partial charge in [0.2, 0.25) is 5.75 Å². The molecular weight excluding hydrogens is 394 g/mol. The Balaban J connectivity index is 1.33. The Bertz CT molecular complexity index is 814. The topological polar surface area (TPSA) is 62.8 Å². The van der Waals surface area contributed by atoms with Gasteiger partial charge in [-0.1, -0.05) is 37.5 Å².